The average molecular weight is 315 g/mol. The molecule has 0 radical (unpaired) electrons. The molecule has 0 heterocycles. The molecule has 0 aromatic heterocycles. The number of anilines is 1. The number of methoxy groups -OCH3 is 1. The van der Waals surface area contributed by atoms with Gasteiger partial charge in [0.2, 0.25) is 5.91 Å². The first-order chi connectivity index (χ1) is 9.74. The van der Waals surface area contributed by atoms with Crippen LogP contribution in [0, 0.1) is 0 Å². The Labute approximate surface area is 122 Å². The first-order valence-electron chi connectivity index (χ1n) is 6.11. The molecule has 0 unspecified atom stereocenters. The summed E-state index contributed by atoms with van der Waals surface area (Å²) in [6.45, 7) is 0.428. The second-order valence-corrected chi connectivity index (χ2v) is 6.48. The van der Waals surface area contributed by atoms with Crippen molar-refractivity contribution in [1.82, 2.24) is 0 Å². The molecule has 0 spiro atoms. The number of carbonyl (C=O) groups is 2. The number of sulfone groups is 1. The lowest BCUT2D eigenvalue weighted by atomic mass is 10.2. The van der Waals surface area contributed by atoms with Crippen LogP contribution in [0.1, 0.15) is 23.2 Å². The topological polar surface area (TPSA) is 110 Å². The van der Waals surface area contributed by atoms with Crippen LogP contribution in [-0.2, 0) is 19.4 Å². The van der Waals surface area contributed by atoms with E-state index in [2.05, 4.69) is 5.32 Å². The van der Waals surface area contributed by atoms with Crippen LogP contribution in [-0.4, -0.2) is 45.4 Å². The van der Waals surface area contributed by atoms with E-state index < -0.39 is 15.8 Å². The zero-order valence-electron chi connectivity index (χ0n) is 11.8. The summed E-state index contributed by atoms with van der Waals surface area (Å²) in [5.74, 6) is -1.61. The summed E-state index contributed by atoms with van der Waals surface area (Å²) in [6.07, 6.45) is 1.68. The SMILES string of the molecule is COCCCC(=O)Nc1cc(C(=O)O)cc(S(C)(=O)=O)c1. The monoisotopic (exact) mass is 315 g/mol. The summed E-state index contributed by atoms with van der Waals surface area (Å²) in [5, 5.41) is 11.5. The molecule has 1 rings (SSSR count). The van der Waals surface area contributed by atoms with Crippen LogP contribution in [0.25, 0.3) is 0 Å². The van der Waals surface area contributed by atoms with E-state index in [1.807, 2.05) is 0 Å². The fourth-order valence-corrected chi connectivity index (χ4v) is 2.29. The standard InChI is InChI=1S/C13H17NO6S/c1-20-5-3-4-12(15)14-10-6-9(13(16)17)7-11(8-10)21(2,18)19/h6-8H,3-5H2,1-2H3,(H,14,15)(H,16,17). The van der Waals surface area contributed by atoms with E-state index in [9.17, 15) is 18.0 Å². The van der Waals surface area contributed by atoms with Gasteiger partial charge >= 0.3 is 5.97 Å². The highest BCUT2D eigenvalue weighted by molar-refractivity contribution is 7.90. The second-order valence-electron chi connectivity index (χ2n) is 4.47. The number of benzene rings is 1. The molecular weight excluding hydrogens is 298 g/mol. The Hall–Kier alpha value is -1.93. The molecule has 2 N–H and O–H groups in total. The normalized spacial score (nSPS) is 11.1. The molecule has 0 aliphatic heterocycles. The van der Waals surface area contributed by atoms with Crippen molar-refractivity contribution in [3.05, 3.63) is 23.8 Å². The van der Waals surface area contributed by atoms with E-state index >= 15 is 0 Å². The lowest BCUT2D eigenvalue weighted by Crippen LogP contribution is -2.13. The lowest BCUT2D eigenvalue weighted by molar-refractivity contribution is -0.116. The molecule has 21 heavy (non-hydrogen) atoms. The van der Waals surface area contributed by atoms with E-state index in [0.29, 0.717) is 13.0 Å². The van der Waals surface area contributed by atoms with Crippen molar-refractivity contribution in [3.8, 4) is 0 Å². The molecule has 0 aliphatic carbocycles. The van der Waals surface area contributed by atoms with Gasteiger partial charge in [0.25, 0.3) is 0 Å². The van der Waals surface area contributed by atoms with E-state index in [4.69, 9.17) is 9.84 Å². The molecule has 1 aromatic carbocycles. The third kappa shape index (κ3) is 5.52. The van der Waals surface area contributed by atoms with Gasteiger partial charge in [-0.1, -0.05) is 0 Å². The van der Waals surface area contributed by atoms with Gasteiger partial charge < -0.3 is 15.2 Å². The molecule has 0 saturated heterocycles. The summed E-state index contributed by atoms with van der Waals surface area (Å²) in [5.41, 5.74) is -0.0668. The zero-order chi connectivity index (χ0) is 16.0. The highest BCUT2D eigenvalue weighted by atomic mass is 32.2. The zero-order valence-corrected chi connectivity index (χ0v) is 12.6. The van der Waals surface area contributed by atoms with Gasteiger partial charge in [0, 0.05) is 32.1 Å². The maximum absolute atomic E-state index is 11.7. The number of carboxylic acids is 1. The fraction of sp³-hybridized carbons (Fsp3) is 0.385. The summed E-state index contributed by atoms with van der Waals surface area (Å²) in [4.78, 5) is 22.5. The number of rotatable bonds is 7. The number of carboxylic acid groups (broad SMARTS) is 1. The van der Waals surface area contributed by atoms with E-state index in [1.54, 1.807) is 0 Å². The maximum atomic E-state index is 11.7. The molecule has 8 heteroatoms. The van der Waals surface area contributed by atoms with Crippen molar-refractivity contribution in [1.29, 1.82) is 0 Å². The van der Waals surface area contributed by atoms with E-state index in [-0.39, 0.29) is 28.5 Å². The van der Waals surface area contributed by atoms with Crippen LogP contribution >= 0.6 is 0 Å². The fourth-order valence-electron chi connectivity index (χ4n) is 1.61. The summed E-state index contributed by atoms with van der Waals surface area (Å²) in [7, 11) is -2.05. The molecular formula is C13H17NO6S. The van der Waals surface area contributed by atoms with Crippen molar-refractivity contribution < 1.29 is 27.9 Å². The minimum atomic E-state index is -3.57. The predicted molar refractivity (Wildman–Crippen MR) is 76.3 cm³/mol. The molecule has 0 bridgehead atoms. The number of amides is 1. The van der Waals surface area contributed by atoms with Crippen LogP contribution in [0.4, 0.5) is 5.69 Å². The quantitative estimate of drug-likeness (QED) is 0.730. The van der Waals surface area contributed by atoms with Crippen molar-refractivity contribution in [2.45, 2.75) is 17.7 Å². The molecule has 1 amide bonds. The molecule has 0 aliphatic rings. The number of hydrogen-bond acceptors (Lipinski definition) is 5. The van der Waals surface area contributed by atoms with Gasteiger partial charge in [0.1, 0.15) is 0 Å². The van der Waals surface area contributed by atoms with Gasteiger partial charge in [-0.15, -0.1) is 0 Å². The lowest BCUT2D eigenvalue weighted by Gasteiger charge is -2.08. The molecule has 7 nitrogen and oxygen atoms in total. The van der Waals surface area contributed by atoms with Gasteiger partial charge in [0.05, 0.1) is 10.5 Å². The van der Waals surface area contributed by atoms with Gasteiger partial charge in [-0.2, -0.15) is 0 Å². The number of hydrogen-bond donors (Lipinski definition) is 2. The van der Waals surface area contributed by atoms with Crippen LogP contribution < -0.4 is 5.32 Å². The first-order valence-corrected chi connectivity index (χ1v) is 8.00. The Morgan fingerprint density at radius 1 is 1.29 bits per heavy atom. The average Bonchev–Trinajstić information content (AvgIpc) is 2.37. The largest absolute Gasteiger partial charge is 0.478 e. The van der Waals surface area contributed by atoms with E-state index in [0.717, 1.165) is 12.3 Å². The summed E-state index contributed by atoms with van der Waals surface area (Å²) >= 11 is 0. The Bertz CT molecular complexity index is 638. The molecule has 0 saturated carbocycles. The smallest absolute Gasteiger partial charge is 0.335 e. The second kappa shape index (κ2) is 7.19. The van der Waals surface area contributed by atoms with Crippen LogP contribution in [0.15, 0.2) is 23.1 Å². The Balaban J connectivity index is 2.99. The molecule has 116 valence electrons. The maximum Gasteiger partial charge on any atom is 0.335 e. The first kappa shape index (κ1) is 17.1. The predicted octanol–water partition coefficient (Wildman–Crippen LogP) is 1.15. The van der Waals surface area contributed by atoms with Crippen LogP contribution in [0.5, 0.6) is 0 Å². The highest BCUT2D eigenvalue weighted by Crippen LogP contribution is 2.19. The Morgan fingerprint density at radius 2 is 1.95 bits per heavy atom. The van der Waals surface area contributed by atoms with Gasteiger partial charge in [0.15, 0.2) is 9.84 Å². The Morgan fingerprint density at radius 3 is 2.48 bits per heavy atom. The van der Waals surface area contributed by atoms with Crippen molar-refractivity contribution in [2.75, 3.05) is 25.3 Å². The van der Waals surface area contributed by atoms with Crippen LogP contribution in [0.2, 0.25) is 0 Å². The summed E-state index contributed by atoms with van der Waals surface area (Å²) in [6, 6.07) is 3.50. The highest BCUT2D eigenvalue weighted by Gasteiger charge is 2.14. The number of nitrogens with one attached hydrogen (secondary N) is 1. The van der Waals surface area contributed by atoms with Crippen molar-refractivity contribution in [2.24, 2.45) is 0 Å². The van der Waals surface area contributed by atoms with E-state index in [1.165, 1.54) is 19.2 Å². The van der Waals surface area contributed by atoms with Crippen LogP contribution in [0.3, 0.4) is 0 Å². The molecule has 0 atom stereocenters. The number of carbonyl (C=O) groups excluding carboxylic acids is 1. The molecule has 1 aromatic rings. The Kier molecular flexibility index (Phi) is 5.86. The van der Waals surface area contributed by atoms with Gasteiger partial charge in [-0.3, -0.25) is 4.79 Å². The third-order valence-corrected chi connectivity index (χ3v) is 3.71. The third-order valence-electron chi connectivity index (χ3n) is 2.62. The number of ether oxygens (including phenoxy) is 1. The van der Waals surface area contributed by atoms with Gasteiger partial charge in [-0.25, -0.2) is 13.2 Å². The minimum Gasteiger partial charge on any atom is -0.478 e. The number of aromatic carboxylic acids is 1. The molecule has 0 fully saturated rings. The van der Waals surface area contributed by atoms with Gasteiger partial charge in [-0.05, 0) is 24.6 Å². The van der Waals surface area contributed by atoms with Crippen molar-refractivity contribution >= 4 is 27.4 Å². The minimum absolute atomic E-state index is 0.137. The van der Waals surface area contributed by atoms with Crippen molar-refractivity contribution in [3.63, 3.8) is 0 Å². The summed E-state index contributed by atoms with van der Waals surface area (Å²) < 4.78 is 27.9.